The van der Waals surface area contributed by atoms with E-state index in [2.05, 4.69) is 4.98 Å². The van der Waals surface area contributed by atoms with Crippen LogP contribution in [0.2, 0.25) is 0 Å². The number of rotatable bonds is 3. The van der Waals surface area contributed by atoms with E-state index in [1.807, 2.05) is 20.8 Å². The molecule has 1 N–H and O–H groups in total. The van der Waals surface area contributed by atoms with E-state index in [0.717, 1.165) is 18.2 Å². The van der Waals surface area contributed by atoms with E-state index < -0.39 is 10.7 Å². The van der Waals surface area contributed by atoms with Crippen molar-refractivity contribution in [3.63, 3.8) is 0 Å². The Hall–Kier alpha value is -1.91. The molecule has 0 unspecified atom stereocenters. The molecule has 0 saturated heterocycles. The number of fused-ring (bicyclic) bond motifs is 1. The van der Waals surface area contributed by atoms with Gasteiger partial charge in [-0.3, -0.25) is 10.1 Å². The summed E-state index contributed by atoms with van der Waals surface area (Å²) in [5, 5.41) is 11.2. The molecule has 4 nitrogen and oxygen atoms in total. The lowest BCUT2D eigenvalue weighted by Crippen LogP contribution is -2.15. The summed E-state index contributed by atoms with van der Waals surface area (Å²) in [6.45, 7) is 6.14. The Morgan fingerprint density at radius 3 is 2.61 bits per heavy atom. The third-order valence-corrected chi connectivity index (χ3v) is 3.49. The predicted molar refractivity (Wildman–Crippen MR) is 68.2 cm³/mol. The van der Waals surface area contributed by atoms with Crippen LogP contribution in [-0.4, -0.2) is 9.91 Å². The Labute approximate surface area is 104 Å². The molecule has 1 heterocycles. The minimum atomic E-state index is -0.586. The number of halogens is 1. The Morgan fingerprint density at radius 2 is 2.06 bits per heavy atom. The largest absolute Gasteiger partial charge is 0.356 e. The van der Waals surface area contributed by atoms with Crippen LogP contribution in [0.5, 0.6) is 0 Å². The van der Waals surface area contributed by atoms with Gasteiger partial charge in [0, 0.05) is 22.6 Å². The second kappa shape index (κ2) is 4.08. The Morgan fingerprint density at radius 1 is 1.39 bits per heavy atom. The fraction of sp³-hybridized carbons (Fsp3) is 0.385. The Kier molecular flexibility index (Phi) is 2.84. The number of nitro benzene ring substituents is 1. The van der Waals surface area contributed by atoms with Gasteiger partial charge in [0.25, 0.3) is 5.69 Å². The number of non-ortho nitro benzene ring substituents is 1. The number of nitrogens with one attached hydrogen (secondary N) is 1. The van der Waals surface area contributed by atoms with E-state index in [4.69, 9.17) is 0 Å². The average molecular weight is 250 g/mol. The summed E-state index contributed by atoms with van der Waals surface area (Å²) in [4.78, 5) is 13.1. The lowest BCUT2D eigenvalue weighted by Gasteiger charge is -2.20. The summed E-state index contributed by atoms with van der Waals surface area (Å²) in [6.07, 6.45) is 0.892. The van der Waals surface area contributed by atoms with Crippen molar-refractivity contribution in [1.29, 1.82) is 0 Å². The highest BCUT2D eigenvalue weighted by Gasteiger charge is 2.22. The number of aromatic amines is 1. The van der Waals surface area contributed by atoms with Gasteiger partial charge in [-0.1, -0.05) is 20.8 Å². The fourth-order valence-electron chi connectivity index (χ4n) is 1.85. The van der Waals surface area contributed by atoms with Crippen molar-refractivity contribution in [2.24, 2.45) is 0 Å². The van der Waals surface area contributed by atoms with Crippen molar-refractivity contribution >= 4 is 16.6 Å². The molecule has 18 heavy (non-hydrogen) atoms. The maximum absolute atomic E-state index is 13.8. The molecule has 0 saturated carbocycles. The minimum Gasteiger partial charge on any atom is -0.356 e. The fourth-order valence-corrected chi connectivity index (χ4v) is 1.85. The first kappa shape index (κ1) is 12.5. The highest BCUT2D eigenvalue weighted by atomic mass is 19.1. The lowest BCUT2D eigenvalue weighted by atomic mass is 9.86. The molecular weight excluding hydrogens is 235 g/mol. The highest BCUT2D eigenvalue weighted by Crippen LogP contribution is 2.31. The van der Waals surface area contributed by atoms with Crippen LogP contribution < -0.4 is 0 Å². The van der Waals surface area contributed by atoms with E-state index in [0.29, 0.717) is 10.9 Å². The van der Waals surface area contributed by atoms with E-state index >= 15 is 0 Å². The van der Waals surface area contributed by atoms with Crippen LogP contribution in [0.25, 0.3) is 10.9 Å². The van der Waals surface area contributed by atoms with E-state index in [1.54, 1.807) is 6.07 Å². The number of benzene rings is 1. The standard InChI is InChI=1S/C13H15FN2O2/c1-4-13(2,3)11-6-8-5-9(16(17)18)7-10(14)12(8)15-11/h5-7,15H,4H2,1-3H3. The molecular formula is C13H15FN2O2. The predicted octanol–water partition coefficient (Wildman–Crippen LogP) is 3.90. The van der Waals surface area contributed by atoms with E-state index in [1.165, 1.54) is 6.07 Å². The molecule has 0 aliphatic carbocycles. The van der Waals surface area contributed by atoms with Gasteiger partial charge in [0.1, 0.15) is 0 Å². The van der Waals surface area contributed by atoms with Gasteiger partial charge in [-0.2, -0.15) is 0 Å². The summed E-state index contributed by atoms with van der Waals surface area (Å²) in [5.41, 5.74) is 0.886. The number of hydrogen-bond acceptors (Lipinski definition) is 2. The second-order valence-electron chi connectivity index (χ2n) is 5.07. The number of nitro groups is 1. The highest BCUT2D eigenvalue weighted by molar-refractivity contribution is 5.83. The van der Waals surface area contributed by atoms with Crippen LogP contribution >= 0.6 is 0 Å². The van der Waals surface area contributed by atoms with Crippen molar-refractivity contribution in [1.82, 2.24) is 4.98 Å². The monoisotopic (exact) mass is 250 g/mol. The van der Waals surface area contributed by atoms with Gasteiger partial charge < -0.3 is 4.98 Å². The van der Waals surface area contributed by atoms with Crippen LogP contribution in [-0.2, 0) is 5.41 Å². The van der Waals surface area contributed by atoms with Crippen molar-refractivity contribution in [3.05, 3.63) is 39.8 Å². The summed E-state index contributed by atoms with van der Waals surface area (Å²) in [7, 11) is 0. The van der Waals surface area contributed by atoms with Gasteiger partial charge >= 0.3 is 0 Å². The van der Waals surface area contributed by atoms with E-state index in [9.17, 15) is 14.5 Å². The smallest absolute Gasteiger partial charge is 0.273 e. The SMILES string of the molecule is CCC(C)(C)c1cc2cc([N+](=O)[O-])cc(F)c2[nH]1. The number of aromatic nitrogens is 1. The molecule has 0 atom stereocenters. The van der Waals surface area contributed by atoms with Crippen molar-refractivity contribution < 1.29 is 9.31 Å². The molecule has 2 aromatic rings. The summed E-state index contributed by atoms with van der Waals surface area (Å²) < 4.78 is 13.8. The summed E-state index contributed by atoms with van der Waals surface area (Å²) >= 11 is 0. The molecule has 1 aromatic carbocycles. The minimum absolute atomic E-state index is 0.111. The van der Waals surface area contributed by atoms with Crippen LogP contribution in [0.1, 0.15) is 32.9 Å². The first-order valence-corrected chi connectivity index (χ1v) is 5.82. The first-order chi connectivity index (χ1) is 8.35. The number of H-pyrrole nitrogens is 1. The Balaban J connectivity index is 2.65. The van der Waals surface area contributed by atoms with Crippen LogP contribution in [0.4, 0.5) is 10.1 Å². The van der Waals surface area contributed by atoms with Crippen LogP contribution in [0, 0.1) is 15.9 Å². The maximum Gasteiger partial charge on any atom is 0.273 e. The van der Waals surface area contributed by atoms with Gasteiger partial charge in [0.15, 0.2) is 5.82 Å². The van der Waals surface area contributed by atoms with Crippen LogP contribution in [0.15, 0.2) is 18.2 Å². The first-order valence-electron chi connectivity index (χ1n) is 5.82. The normalized spacial score (nSPS) is 12.0. The number of hydrogen-bond donors (Lipinski definition) is 1. The molecule has 0 bridgehead atoms. The van der Waals surface area contributed by atoms with Gasteiger partial charge in [0.2, 0.25) is 0 Å². The number of nitrogens with zero attached hydrogens (tertiary/aromatic N) is 1. The molecule has 0 spiro atoms. The topological polar surface area (TPSA) is 58.9 Å². The molecule has 0 fully saturated rings. The zero-order chi connectivity index (χ0) is 13.5. The molecule has 2 rings (SSSR count). The van der Waals surface area contributed by atoms with E-state index in [-0.39, 0.29) is 11.1 Å². The second-order valence-corrected chi connectivity index (χ2v) is 5.07. The third-order valence-electron chi connectivity index (χ3n) is 3.49. The Bertz CT molecular complexity index is 617. The third kappa shape index (κ3) is 1.96. The zero-order valence-electron chi connectivity index (χ0n) is 10.6. The van der Waals surface area contributed by atoms with Crippen LogP contribution in [0.3, 0.4) is 0 Å². The van der Waals surface area contributed by atoms with Gasteiger partial charge in [-0.05, 0) is 12.5 Å². The summed E-state index contributed by atoms with van der Waals surface area (Å²) in [6, 6.07) is 4.13. The molecule has 96 valence electrons. The quantitative estimate of drug-likeness (QED) is 0.663. The van der Waals surface area contributed by atoms with Crippen molar-refractivity contribution in [2.75, 3.05) is 0 Å². The maximum atomic E-state index is 13.8. The molecule has 0 amide bonds. The molecule has 0 radical (unpaired) electrons. The van der Waals surface area contributed by atoms with Crippen molar-refractivity contribution in [2.45, 2.75) is 32.6 Å². The van der Waals surface area contributed by atoms with Gasteiger partial charge in [-0.15, -0.1) is 0 Å². The zero-order valence-corrected chi connectivity index (χ0v) is 10.6. The summed E-state index contributed by atoms with van der Waals surface area (Å²) in [5.74, 6) is -0.586. The molecule has 5 heteroatoms. The lowest BCUT2D eigenvalue weighted by molar-refractivity contribution is -0.384. The van der Waals surface area contributed by atoms with Gasteiger partial charge in [-0.25, -0.2) is 4.39 Å². The molecule has 0 aliphatic heterocycles. The molecule has 0 aliphatic rings. The average Bonchev–Trinajstić information content (AvgIpc) is 2.74. The molecule has 1 aromatic heterocycles. The van der Waals surface area contributed by atoms with Crippen molar-refractivity contribution in [3.8, 4) is 0 Å². The van der Waals surface area contributed by atoms with Gasteiger partial charge in [0.05, 0.1) is 16.5 Å².